The fourth-order valence-corrected chi connectivity index (χ4v) is 12.2. The third-order valence-electron chi connectivity index (χ3n) is 13.6. The van der Waals surface area contributed by atoms with Gasteiger partial charge in [-0.3, -0.25) is 0 Å². The van der Waals surface area contributed by atoms with Gasteiger partial charge in [-0.15, -0.1) is 11.3 Å². The Kier molecular flexibility index (Phi) is 28.5. The summed E-state index contributed by atoms with van der Waals surface area (Å²) >= 11 is 1.86. The van der Waals surface area contributed by atoms with Gasteiger partial charge in [0.2, 0.25) is 0 Å². The number of hydrogen-bond acceptors (Lipinski definition) is 2. The van der Waals surface area contributed by atoms with E-state index in [1.165, 1.54) is 104 Å². The second-order valence-electron chi connectivity index (χ2n) is 16.3. The van der Waals surface area contributed by atoms with Crippen LogP contribution in [0.2, 0.25) is 0 Å². The lowest BCUT2D eigenvalue weighted by Gasteiger charge is -2.33. The first-order valence-electron chi connectivity index (χ1n) is 30.7. The molecule has 4 aliphatic carbocycles. The largest absolute Gasteiger partial charge is 0.464 e. The fourth-order valence-electron chi connectivity index (χ4n) is 11.2. The summed E-state index contributed by atoms with van der Waals surface area (Å²) in [5, 5.41) is 4.74. The SMILES string of the molecule is C1=CC2(c3ccccc3-c3ccccc3-c3ccccc32)c2c1ccc1ccsc21.C1=CC2(c3ccccc3-c3ccccc3-c3ccccc32)c2c1ccc1occc21.CC.CC.CC.CC.CC.CC.CC.CC.CC.CC. The summed E-state index contributed by atoms with van der Waals surface area (Å²) in [7, 11) is 0. The normalized spacial score (nSPS) is 11.8. The van der Waals surface area contributed by atoms with Crippen LogP contribution in [-0.4, -0.2) is 0 Å². The molecule has 80 heavy (non-hydrogen) atoms. The van der Waals surface area contributed by atoms with E-state index in [-0.39, 0.29) is 10.8 Å². The first-order chi connectivity index (χ1) is 39.8. The molecule has 420 valence electrons. The second-order valence-corrected chi connectivity index (χ2v) is 17.2. The molecule has 0 amide bonds. The molecule has 2 aromatic heterocycles. The number of hydrogen-bond donors (Lipinski definition) is 0. The van der Waals surface area contributed by atoms with Crippen LogP contribution in [0.25, 0.3) is 77.7 Å². The van der Waals surface area contributed by atoms with E-state index >= 15 is 0 Å². The molecule has 2 heterocycles. The van der Waals surface area contributed by atoms with Gasteiger partial charge in [0, 0.05) is 10.1 Å². The minimum atomic E-state index is -0.356. The summed E-state index contributed by atoms with van der Waals surface area (Å²) < 4.78 is 7.21. The number of rotatable bonds is 0. The average Bonchev–Trinajstić information content (AvgIpc) is 4.52. The average molecular weight is 1080 g/mol. The van der Waals surface area contributed by atoms with Crippen LogP contribution in [0.1, 0.15) is 183 Å². The maximum absolute atomic E-state index is 5.82. The number of benzene rings is 8. The van der Waals surface area contributed by atoms with Crippen molar-refractivity contribution in [2.45, 2.75) is 149 Å². The van der Waals surface area contributed by atoms with Gasteiger partial charge in [0.25, 0.3) is 0 Å². The van der Waals surface area contributed by atoms with E-state index in [2.05, 4.69) is 212 Å². The van der Waals surface area contributed by atoms with Gasteiger partial charge in [0.05, 0.1) is 17.1 Å². The van der Waals surface area contributed by atoms with Crippen molar-refractivity contribution < 1.29 is 4.42 Å². The van der Waals surface area contributed by atoms with Gasteiger partial charge >= 0.3 is 0 Å². The Bertz CT molecular complexity index is 3100. The van der Waals surface area contributed by atoms with Gasteiger partial charge in [-0.05, 0) is 118 Å². The number of thiophene rings is 1. The Balaban J connectivity index is 0.000000321. The second kappa shape index (κ2) is 34.0. The van der Waals surface area contributed by atoms with E-state index in [0.29, 0.717) is 0 Å². The molecule has 0 bridgehead atoms. The van der Waals surface area contributed by atoms with Crippen molar-refractivity contribution in [1.29, 1.82) is 0 Å². The topological polar surface area (TPSA) is 13.1 Å². The van der Waals surface area contributed by atoms with Gasteiger partial charge in [-0.25, -0.2) is 0 Å². The lowest BCUT2D eigenvalue weighted by molar-refractivity contribution is 0.615. The molecule has 0 atom stereocenters. The zero-order valence-electron chi connectivity index (χ0n) is 52.6. The van der Waals surface area contributed by atoms with E-state index in [9.17, 15) is 0 Å². The molecule has 0 fully saturated rings. The quantitative estimate of drug-likeness (QED) is 0.148. The lowest BCUT2D eigenvalue weighted by atomic mass is 9.68. The maximum Gasteiger partial charge on any atom is 0.134 e. The highest BCUT2D eigenvalue weighted by Crippen LogP contribution is 2.59. The summed E-state index contributed by atoms with van der Waals surface area (Å²) in [4.78, 5) is 0. The third kappa shape index (κ3) is 12.1. The van der Waals surface area contributed by atoms with Crippen molar-refractivity contribution in [3.63, 3.8) is 0 Å². The van der Waals surface area contributed by atoms with Crippen molar-refractivity contribution in [2.75, 3.05) is 0 Å². The van der Waals surface area contributed by atoms with E-state index in [1.54, 1.807) is 6.26 Å². The van der Waals surface area contributed by atoms with Gasteiger partial charge in [-0.2, -0.15) is 0 Å². The first-order valence-corrected chi connectivity index (χ1v) is 31.6. The highest BCUT2D eigenvalue weighted by molar-refractivity contribution is 7.17. The summed E-state index contributed by atoms with van der Waals surface area (Å²) in [5.74, 6) is 0. The molecule has 0 radical (unpaired) electrons. The maximum atomic E-state index is 5.82. The van der Waals surface area contributed by atoms with Crippen molar-refractivity contribution in [2.24, 2.45) is 0 Å². The van der Waals surface area contributed by atoms with Crippen LogP contribution in [0.3, 0.4) is 0 Å². The lowest BCUT2D eigenvalue weighted by Crippen LogP contribution is -2.26. The Morgan fingerprint density at radius 3 is 0.988 bits per heavy atom. The predicted octanol–water partition coefficient (Wildman–Crippen LogP) is 25.6. The van der Waals surface area contributed by atoms with Gasteiger partial charge < -0.3 is 4.42 Å². The molecule has 0 saturated carbocycles. The Hall–Kier alpha value is -7.26. The molecule has 0 N–H and O–H groups in total. The van der Waals surface area contributed by atoms with Crippen molar-refractivity contribution >= 4 is 44.5 Å². The molecule has 14 rings (SSSR count). The standard InChI is InChI=1S/C29H18O.C29H18S.10C2H6/c1-2-8-21-20(7-1)22-9-3-5-11-25(22)29(26-12-6-4-10-23(21)26)17-15-19-13-14-27-24(28(19)29)16-18-30-27;1-2-8-22-21(7-1)23-9-3-5-11-25(23)29(26-12-6-4-10-24(22)26)17-15-19-13-14-20-16-18-30-28(20)27(19)29;10*1-2/h2*1-18H;10*1-2H3. The zero-order valence-corrected chi connectivity index (χ0v) is 53.4. The molecular weight excluding hydrogens is 985 g/mol. The highest BCUT2D eigenvalue weighted by Gasteiger charge is 2.46. The summed E-state index contributed by atoms with van der Waals surface area (Å²) in [5.41, 5.74) is 21.5. The van der Waals surface area contributed by atoms with Crippen LogP contribution in [0, 0.1) is 0 Å². The highest BCUT2D eigenvalue weighted by atomic mass is 32.1. The van der Waals surface area contributed by atoms with E-state index in [1.807, 2.05) is 150 Å². The Morgan fingerprint density at radius 2 is 0.613 bits per heavy atom. The molecule has 1 nitrogen and oxygen atoms in total. The van der Waals surface area contributed by atoms with Crippen LogP contribution in [0.15, 0.2) is 210 Å². The van der Waals surface area contributed by atoms with E-state index in [4.69, 9.17) is 4.42 Å². The smallest absolute Gasteiger partial charge is 0.134 e. The van der Waals surface area contributed by atoms with Crippen molar-refractivity contribution in [3.8, 4) is 44.5 Å². The summed E-state index contributed by atoms with van der Waals surface area (Å²) in [6.45, 7) is 40.0. The minimum absolute atomic E-state index is 0.286. The van der Waals surface area contributed by atoms with Gasteiger partial charge in [0.15, 0.2) is 0 Å². The number of allylic oxidation sites excluding steroid dienone is 2. The molecule has 2 heteroatoms. The summed E-state index contributed by atoms with van der Waals surface area (Å²) in [6.07, 6.45) is 11.3. The molecule has 2 spiro atoms. The number of fused-ring (bicyclic) bond motifs is 22. The van der Waals surface area contributed by atoms with Gasteiger partial charge in [-0.1, -0.05) is 327 Å². The molecule has 10 aromatic rings. The Morgan fingerprint density at radius 1 is 0.300 bits per heavy atom. The predicted molar refractivity (Wildman–Crippen MR) is 364 cm³/mol. The van der Waals surface area contributed by atoms with Crippen LogP contribution in [0.4, 0.5) is 0 Å². The van der Waals surface area contributed by atoms with E-state index < -0.39 is 0 Å². The number of furan rings is 1. The molecule has 0 unspecified atom stereocenters. The van der Waals surface area contributed by atoms with Crippen LogP contribution >= 0.6 is 11.3 Å². The molecule has 0 saturated heterocycles. The Labute approximate surface area is 490 Å². The van der Waals surface area contributed by atoms with E-state index in [0.717, 1.165) is 5.58 Å². The fraction of sp³-hybridized carbons (Fsp3) is 0.282. The van der Waals surface area contributed by atoms with Crippen LogP contribution < -0.4 is 0 Å². The molecule has 4 aliphatic rings. The zero-order chi connectivity index (χ0) is 59.4. The molecular formula is C78H96OS. The van der Waals surface area contributed by atoms with Crippen molar-refractivity contribution in [1.82, 2.24) is 0 Å². The molecule has 0 aliphatic heterocycles. The van der Waals surface area contributed by atoms with Crippen LogP contribution in [-0.2, 0) is 10.8 Å². The van der Waals surface area contributed by atoms with Crippen molar-refractivity contribution in [3.05, 3.63) is 250 Å². The molecule has 8 aromatic carbocycles. The third-order valence-corrected chi connectivity index (χ3v) is 14.5. The monoisotopic (exact) mass is 1080 g/mol. The first kappa shape index (κ1) is 67.0. The minimum Gasteiger partial charge on any atom is -0.464 e. The summed E-state index contributed by atoms with van der Waals surface area (Å²) in [6, 6.07) is 66.6. The van der Waals surface area contributed by atoms with Crippen LogP contribution in [0.5, 0.6) is 0 Å². The van der Waals surface area contributed by atoms with Gasteiger partial charge in [0.1, 0.15) is 5.58 Å².